The van der Waals surface area contributed by atoms with Crippen molar-refractivity contribution in [2.45, 2.75) is 13.0 Å². The van der Waals surface area contributed by atoms with Crippen molar-refractivity contribution in [3.63, 3.8) is 0 Å². The zero-order chi connectivity index (χ0) is 21.5. The average Bonchev–Trinajstić information content (AvgIpc) is 3.36. The SMILES string of the molecule is C/C(=N/OCC(=O)N1CCN(C(c2ccccc2)c2ccccc2)CC1)c1cccs1. The van der Waals surface area contributed by atoms with E-state index in [0.29, 0.717) is 13.1 Å². The van der Waals surface area contributed by atoms with Gasteiger partial charge in [0.25, 0.3) is 5.91 Å². The number of piperazine rings is 1. The molecule has 1 aromatic heterocycles. The van der Waals surface area contributed by atoms with E-state index in [4.69, 9.17) is 4.84 Å². The molecule has 3 aromatic rings. The normalized spacial score (nSPS) is 15.3. The highest BCUT2D eigenvalue weighted by Gasteiger charge is 2.28. The summed E-state index contributed by atoms with van der Waals surface area (Å²) in [6.45, 7) is 4.87. The van der Waals surface area contributed by atoms with Crippen LogP contribution in [0.5, 0.6) is 0 Å². The van der Waals surface area contributed by atoms with E-state index in [-0.39, 0.29) is 18.6 Å². The van der Waals surface area contributed by atoms with Crippen LogP contribution in [-0.4, -0.2) is 54.2 Å². The van der Waals surface area contributed by atoms with Gasteiger partial charge in [0.2, 0.25) is 0 Å². The number of carbonyl (C=O) groups is 1. The predicted molar refractivity (Wildman–Crippen MR) is 125 cm³/mol. The van der Waals surface area contributed by atoms with Crippen molar-refractivity contribution < 1.29 is 9.63 Å². The van der Waals surface area contributed by atoms with Gasteiger partial charge in [-0.05, 0) is 29.5 Å². The van der Waals surface area contributed by atoms with Crippen LogP contribution in [0.2, 0.25) is 0 Å². The fraction of sp³-hybridized carbons (Fsp3) is 0.280. The van der Waals surface area contributed by atoms with Crippen LogP contribution in [0.3, 0.4) is 0 Å². The Morgan fingerprint density at radius 2 is 1.55 bits per heavy atom. The van der Waals surface area contributed by atoms with Gasteiger partial charge in [-0.15, -0.1) is 11.3 Å². The molecule has 0 bridgehead atoms. The van der Waals surface area contributed by atoms with Crippen LogP contribution in [-0.2, 0) is 9.63 Å². The third-order valence-corrected chi connectivity index (χ3v) is 6.51. The van der Waals surface area contributed by atoms with Gasteiger partial charge in [0.05, 0.1) is 16.6 Å². The molecule has 1 fully saturated rings. The molecule has 2 aromatic carbocycles. The zero-order valence-electron chi connectivity index (χ0n) is 17.7. The maximum atomic E-state index is 12.6. The molecule has 0 saturated carbocycles. The summed E-state index contributed by atoms with van der Waals surface area (Å²) in [5.41, 5.74) is 3.34. The van der Waals surface area contributed by atoms with Gasteiger partial charge in [0.15, 0.2) is 6.61 Å². The lowest BCUT2D eigenvalue weighted by Crippen LogP contribution is -2.50. The van der Waals surface area contributed by atoms with Crippen molar-refractivity contribution in [3.05, 3.63) is 94.2 Å². The number of carbonyl (C=O) groups excluding carboxylic acids is 1. The topological polar surface area (TPSA) is 45.1 Å². The van der Waals surface area contributed by atoms with Gasteiger partial charge >= 0.3 is 0 Å². The Kier molecular flexibility index (Phi) is 7.12. The highest BCUT2D eigenvalue weighted by molar-refractivity contribution is 7.12. The fourth-order valence-electron chi connectivity index (χ4n) is 3.92. The first kappa shape index (κ1) is 21.3. The number of nitrogens with zero attached hydrogens (tertiary/aromatic N) is 3. The van der Waals surface area contributed by atoms with Crippen molar-refractivity contribution in [1.82, 2.24) is 9.80 Å². The first-order valence-electron chi connectivity index (χ1n) is 10.5. The first-order chi connectivity index (χ1) is 15.2. The largest absolute Gasteiger partial charge is 0.385 e. The lowest BCUT2D eigenvalue weighted by atomic mass is 9.96. The van der Waals surface area contributed by atoms with Gasteiger partial charge in [-0.1, -0.05) is 71.9 Å². The summed E-state index contributed by atoms with van der Waals surface area (Å²) in [7, 11) is 0. The number of hydrogen-bond acceptors (Lipinski definition) is 5. The maximum absolute atomic E-state index is 12.6. The molecule has 0 radical (unpaired) electrons. The van der Waals surface area contributed by atoms with Crippen molar-refractivity contribution in [2.24, 2.45) is 5.16 Å². The summed E-state index contributed by atoms with van der Waals surface area (Å²) in [5.74, 6) is -0.0154. The monoisotopic (exact) mass is 433 g/mol. The summed E-state index contributed by atoms with van der Waals surface area (Å²) < 4.78 is 0. The number of benzene rings is 2. The third-order valence-electron chi connectivity index (χ3n) is 5.53. The average molecular weight is 434 g/mol. The van der Waals surface area contributed by atoms with Crippen LogP contribution in [0.25, 0.3) is 0 Å². The molecule has 160 valence electrons. The zero-order valence-corrected chi connectivity index (χ0v) is 18.5. The molecular weight excluding hydrogens is 406 g/mol. The van der Waals surface area contributed by atoms with Gasteiger partial charge in [0.1, 0.15) is 0 Å². The van der Waals surface area contributed by atoms with Crippen LogP contribution < -0.4 is 0 Å². The van der Waals surface area contributed by atoms with Crippen molar-refractivity contribution in [2.75, 3.05) is 32.8 Å². The van der Waals surface area contributed by atoms with Crippen molar-refractivity contribution >= 4 is 23.0 Å². The highest BCUT2D eigenvalue weighted by atomic mass is 32.1. The smallest absolute Gasteiger partial charge is 0.263 e. The second-order valence-electron chi connectivity index (χ2n) is 7.57. The van der Waals surface area contributed by atoms with Crippen LogP contribution in [0.4, 0.5) is 0 Å². The molecule has 6 heteroatoms. The lowest BCUT2D eigenvalue weighted by molar-refractivity contribution is -0.138. The Bertz CT molecular complexity index is 943. The van der Waals surface area contributed by atoms with E-state index in [1.807, 2.05) is 41.5 Å². The number of oxime groups is 1. The van der Waals surface area contributed by atoms with E-state index in [2.05, 4.69) is 58.6 Å². The summed E-state index contributed by atoms with van der Waals surface area (Å²) in [4.78, 5) is 23.3. The van der Waals surface area contributed by atoms with Crippen LogP contribution in [0, 0.1) is 0 Å². The van der Waals surface area contributed by atoms with E-state index in [0.717, 1.165) is 23.7 Å². The van der Waals surface area contributed by atoms with Crippen LogP contribution in [0.1, 0.15) is 29.0 Å². The standard InChI is InChI=1S/C25H27N3O2S/c1-20(23-13-8-18-31-23)26-30-19-24(29)27-14-16-28(17-15-27)25(21-9-4-2-5-10-21)22-11-6-3-7-12-22/h2-13,18,25H,14-17,19H2,1H3/b26-20-. The van der Waals surface area contributed by atoms with E-state index >= 15 is 0 Å². The molecule has 5 nitrogen and oxygen atoms in total. The Labute approximate surface area is 187 Å². The van der Waals surface area contributed by atoms with E-state index < -0.39 is 0 Å². The summed E-state index contributed by atoms with van der Waals surface area (Å²) in [6.07, 6.45) is 0. The molecule has 1 aliphatic heterocycles. The predicted octanol–water partition coefficient (Wildman–Crippen LogP) is 4.42. The number of amides is 1. The van der Waals surface area contributed by atoms with Gasteiger partial charge < -0.3 is 9.74 Å². The second-order valence-corrected chi connectivity index (χ2v) is 8.52. The Hall–Kier alpha value is -2.96. The molecule has 0 unspecified atom stereocenters. The number of rotatable bonds is 7. The molecule has 1 aliphatic rings. The molecule has 2 heterocycles. The van der Waals surface area contributed by atoms with Gasteiger partial charge in [-0.25, -0.2) is 0 Å². The molecule has 0 spiro atoms. The number of hydrogen-bond donors (Lipinski definition) is 0. The van der Waals surface area contributed by atoms with Crippen LogP contribution >= 0.6 is 11.3 Å². The second kappa shape index (κ2) is 10.4. The molecule has 0 aliphatic carbocycles. The lowest BCUT2D eigenvalue weighted by Gasteiger charge is -2.39. The summed E-state index contributed by atoms with van der Waals surface area (Å²) >= 11 is 1.61. The third kappa shape index (κ3) is 5.40. The van der Waals surface area contributed by atoms with Gasteiger partial charge in [-0.3, -0.25) is 9.69 Å². The molecule has 31 heavy (non-hydrogen) atoms. The Morgan fingerprint density at radius 1 is 0.935 bits per heavy atom. The Balaban J connectivity index is 1.35. The number of thiophene rings is 1. The summed E-state index contributed by atoms with van der Waals surface area (Å²) in [6, 6.07) is 25.3. The molecule has 1 amide bonds. The molecule has 1 saturated heterocycles. The molecule has 0 N–H and O–H groups in total. The van der Waals surface area contributed by atoms with Gasteiger partial charge in [0, 0.05) is 26.2 Å². The van der Waals surface area contributed by atoms with Gasteiger partial charge in [-0.2, -0.15) is 0 Å². The van der Waals surface area contributed by atoms with E-state index in [1.54, 1.807) is 11.3 Å². The van der Waals surface area contributed by atoms with Crippen molar-refractivity contribution in [3.8, 4) is 0 Å². The first-order valence-corrected chi connectivity index (χ1v) is 11.4. The van der Waals surface area contributed by atoms with E-state index in [9.17, 15) is 4.79 Å². The molecule has 0 atom stereocenters. The molecule has 4 rings (SSSR count). The quantitative estimate of drug-likeness (QED) is 0.409. The molecular formula is C25H27N3O2S. The minimum Gasteiger partial charge on any atom is -0.385 e. The van der Waals surface area contributed by atoms with Crippen molar-refractivity contribution in [1.29, 1.82) is 0 Å². The fourth-order valence-corrected chi connectivity index (χ4v) is 4.59. The highest BCUT2D eigenvalue weighted by Crippen LogP contribution is 2.29. The minimum atomic E-state index is -0.0243. The van der Waals surface area contributed by atoms with E-state index in [1.165, 1.54) is 11.1 Å². The maximum Gasteiger partial charge on any atom is 0.263 e. The summed E-state index contributed by atoms with van der Waals surface area (Å²) in [5, 5.41) is 6.09. The van der Waals surface area contributed by atoms with Crippen LogP contribution in [0.15, 0.2) is 83.3 Å². The minimum absolute atomic E-state index is 0.0154. The Morgan fingerprint density at radius 3 is 2.10 bits per heavy atom.